The molecule has 0 unspecified atom stereocenters. The van der Waals surface area contributed by atoms with Crippen LogP contribution in [0.3, 0.4) is 0 Å². The van der Waals surface area contributed by atoms with E-state index in [2.05, 4.69) is 4.98 Å². The number of aromatic nitrogens is 1. The van der Waals surface area contributed by atoms with Crippen molar-refractivity contribution in [2.24, 2.45) is 0 Å². The minimum atomic E-state index is -0.907. The third-order valence-corrected chi connectivity index (χ3v) is 3.70. The van der Waals surface area contributed by atoms with E-state index in [9.17, 15) is 9.59 Å². The molecule has 1 N–H and O–H groups in total. The first-order valence-corrected chi connectivity index (χ1v) is 6.54. The van der Waals surface area contributed by atoms with Gasteiger partial charge in [0.05, 0.1) is 0 Å². The smallest absolute Gasteiger partial charge is 0.407 e. The van der Waals surface area contributed by atoms with E-state index >= 15 is 0 Å². The maximum Gasteiger partial charge on any atom is 0.407 e. The third-order valence-electron chi connectivity index (χ3n) is 3.70. The number of carbonyl (C=O) groups is 2. The molecule has 0 bridgehead atoms. The summed E-state index contributed by atoms with van der Waals surface area (Å²) in [6.07, 6.45) is 1.96. The molecule has 7 nitrogen and oxygen atoms in total. The highest BCUT2D eigenvalue weighted by Crippen LogP contribution is 2.33. The Morgan fingerprint density at radius 1 is 1.40 bits per heavy atom. The molecular weight excluding hydrogens is 262 g/mol. The van der Waals surface area contributed by atoms with Gasteiger partial charge in [-0.15, -0.1) is 0 Å². The highest BCUT2D eigenvalue weighted by atomic mass is 16.5. The minimum Gasteiger partial charge on any atom is -0.480 e. The van der Waals surface area contributed by atoms with Gasteiger partial charge in [0.2, 0.25) is 0 Å². The van der Waals surface area contributed by atoms with Gasteiger partial charge in [-0.3, -0.25) is 9.69 Å². The summed E-state index contributed by atoms with van der Waals surface area (Å²) in [6, 6.07) is 3.53. The fourth-order valence-corrected chi connectivity index (χ4v) is 2.69. The normalized spacial score (nSPS) is 19.5. The zero-order valence-corrected chi connectivity index (χ0v) is 10.9. The molecule has 20 heavy (non-hydrogen) atoms. The van der Waals surface area contributed by atoms with Gasteiger partial charge in [0, 0.05) is 25.3 Å². The zero-order chi connectivity index (χ0) is 14.1. The molecule has 2 aliphatic rings. The van der Waals surface area contributed by atoms with Gasteiger partial charge in [-0.05, 0) is 25.0 Å². The Balaban J connectivity index is 1.80. The molecule has 1 aromatic rings. The van der Waals surface area contributed by atoms with Crippen LogP contribution in [0.2, 0.25) is 0 Å². The molecule has 2 aliphatic heterocycles. The maximum absolute atomic E-state index is 12.1. The molecule has 1 aromatic heterocycles. The minimum absolute atomic E-state index is 0.0117. The molecular formula is C13H15N3O4. The Labute approximate surface area is 115 Å². The van der Waals surface area contributed by atoms with Crippen molar-refractivity contribution < 1.29 is 19.4 Å². The van der Waals surface area contributed by atoms with E-state index in [1.807, 2.05) is 0 Å². The van der Waals surface area contributed by atoms with Crippen molar-refractivity contribution in [3.63, 3.8) is 0 Å². The molecule has 0 aromatic carbocycles. The van der Waals surface area contributed by atoms with Crippen molar-refractivity contribution in [1.29, 1.82) is 0 Å². The van der Waals surface area contributed by atoms with Crippen LogP contribution < -0.4 is 9.64 Å². The number of nitrogens with zero attached hydrogens (tertiary/aromatic N) is 3. The fraction of sp³-hybridized carbons (Fsp3) is 0.462. The lowest BCUT2D eigenvalue weighted by Gasteiger charge is -2.39. The van der Waals surface area contributed by atoms with Gasteiger partial charge < -0.3 is 14.7 Å². The maximum atomic E-state index is 12.1. The molecule has 1 saturated heterocycles. The van der Waals surface area contributed by atoms with E-state index in [1.54, 1.807) is 23.2 Å². The van der Waals surface area contributed by atoms with Gasteiger partial charge in [0.1, 0.15) is 0 Å². The lowest BCUT2D eigenvalue weighted by Crippen LogP contribution is -2.51. The summed E-state index contributed by atoms with van der Waals surface area (Å²) in [5.41, 5.74) is 0. The number of ether oxygens (including phenoxy) is 1. The Hall–Kier alpha value is -2.31. The predicted molar refractivity (Wildman–Crippen MR) is 69.8 cm³/mol. The topological polar surface area (TPSA) is 83.0 Å². The Morgan fingerprint density at radius 3 is 2.85 bits per heavy atom. The van der Waals surface area contributed by atoms with Crippen LogP contribution in [-0.2, 0) is 4.79 Å². The second-order valence-corrected chi connectivity index (χ2v) is 4.88. The van der Waals surface area contributed by atoms with E-state index in [4.69, 9.17) is 9.84 Å². The van der Waals surface area contributed by atoms with Crippen molar-refractivity contribution in [1.82, 2.24) is 9.88 Å². The predicted octanol–water partition coefficient (Wildman–Crippen LogP) is 0.949. The second-order valence-electron chi connectivity index (χ2n) is 4.88. The standard InChI is InChI=1S/C13H15N3O4/c17-11-8-20-10-2-1-5-14-12(10)16(11)9-3-6-15(7-4-9)13(18)19/h1-2,5,9H,3-4,6-8H2,(H,18,19). The Bertz CT molecular complexity index is 540. The summed E-state index contributed by atoms with van der Waals surface area (Å²) < 4.78 is 5.36. The van der Waals surface area contributed by atoms with Gasteiger partial charge in [0.25, 0.3) is 5.91 Å². The molecule has 0 spiro atoms. The number of piperidine rings is 1. The number of hydrogen-bond acceptors (Lipinski definition) is 4. The number of fused-ring (bicyclic) bond motifs is 1. The summed E-state index contributed by atoms with van der Waals surface area (Å²) in [4.78, 5) is 30.3. The van der Waals surface area contributed by atoms with Crippen LogP contribution in [0.15, 0.2) is 18.3 Å². The van der Waals surface area contributed by atoms with Crippen LogP contribution in [0.25, 0.3) is 0 Å². The van der Waals surface area contributed by atoms with Crippen LogP contribution in [0.1, 0.15) is 12.8 Å². The van der Waals surface area contributed by atoms with E-state index in [1.165, 1.54) is 4.90 Å². The molecule has 1 fully saturated rings. The van der Waals surface area contributed by atoms with Crippen molar-refractivity contribution >= 4 is 17.8 Å². The first-order valence-electron chi connectivity index (χ1n) is 6.54. The number of likely N-dealkylation sites (tertiary alicyclic amines) is 1. The zero-order valence-electron chi connectivity index (χ0n) is 10.9. The summed E-state index contributed by atoms with van der Waals surface area (Å²) in [5.74, 6) is 1.02. The summed E-state index contributed by atoms with van der Waals surface area (Å²) in [7, 11) is 0. The fourth-order valence-electron chi connectivity index (χ4n) is 2.69. The van der Waals surface area contributed by atoms with Crippen molar-refractivity contribution in [2.75, 3.05) is 24.6 Å². The molecule has 3 heterocycles. The monoisotopic (exact) mass is 277 g/mol. The van der Waals surface area contributed by atoms with Gasteiger partial charge in [-0.2, -0.15) is 0 Å². The van der Waals surface area contributed by atoms with Crippen molar-refractivity contribution in [3.8, 4) is 5.75 Å². The number of rotatable bonds is 1. The quantitative estimate of drug-likeness (QED) is 0.826. The first kappa shape index (κ1) is 12.7. The number of amides is 2. The second kappa shape index (κ2) is 4.99. The van der Waals surface area contributed by atoms with Gasteiger partial charge in [-0.1, -0.05) is 0 Å². The SMILES string of the molecule is O=C(O)N1CCC(N2C(=O)COc3cccnc32)CC1. The summed E-state index contributed by atoms with van der Waals surface area (Å²) in [6.45, 7) is 0.886. The molecule has 0 atom stereocenters. The number of pyridine rings is 1. The van der Waals surface area contributed by atoms with Gasteiger partial charge in [-0.25, -0.2) is 9.78 Å². The lowest BCUT2D eigenvalue weighted by molar-refractivity contribution is -0.122. The van der Waals surface area contributed by atoms with Gasteiger partial charge >= 0.3 is 6.09 Å². The Morgan fingerprint density at radius 2 is 2.15 bits per heavy atom. The molecule has 0 aliphatic carbocycles. The number of hydrogen-bond donors (Lipinski definition) is 1. The number of anilines is 1. The van der Waals surface area contributed by atoms with E-state index in [-0.39, 0.29) is 18.6 Å². The molecule has 0 radical (unpaired) electrons. The highest BCUT2D eigenvalue weighted by Gasteiger charge is 2.35. The average Bonchev–Trinajstić information content (AvgIpc) is 2.47. The van der Waals surface area contributed by atoms with E-state index < -0.39 is 6.09 Å². The Kier molecular flexibility index (Phi) is 3.17. The number of carboxylic acid groups (broad SMARTS) is 1. The van der Waals surface area contributed by atoms with Crippen LogP contribution in [-0.4, -0.2) is 52.7 Å². The molecule has 0 saturated carbocycles. The molecule has 106 valence electrons. The first-order chi connectivity index (χ1) is 9.66. The molecule has 3 rings (SSSR count). The van der Waals surface area contributed by atoms with Crippen molar-refractivity contribution in [2.45, 2.75) is 18.9 Å². The average molecular weight is 277 g/mol. The van der Waals surface area contributed by atoms with Crippen LogP contribution in [0, 0.1) is 0 Å². The van der Waals surface area contributed by atoms with Gasteiger partial charge in [0.15, 0.2) is 18.2 Å². The van der Waals surface area contributed by atoms with Crippen LogP contribution >= 0.6 is 0 Å². The van der Waals surface area contributed by atoms with Crippen molar-refractivity contribution in [3.05, 3.63) is 18.3 Å². The van der Waals surface area contributed by atoms with E-state index in [0.717, 1.165) is 0 Å². The largest absolute Gasteiger partial charge is 0.480 e. The highest BCUT2D eigenvalue weighted by molar-refractivity contribution is 5.97. The summed E-state index contributed by atoms with van der Waals surface area (Å²) in [5, 5.41) is 8.96. The third kappa shape index (κ3) is 2.15. The van der Waals surface area contributed by atoms with Crippen LogP contribution in [0.4, 0.5) is 10.6 Å². The molecule has 7 heteroatoms. The molecule has 2 amide bonds. The lowest BCUT2D eigenvalue weighted by atomic mass is 10.0. The number of carbonyl (C=O) groups excluding carboxylic acids is 1. The van der Waals surface area contributed by atoms with E-state index in [0.29, 0.717) is 37.5 Å². The van der Waals surface area contributed by atoms with Crippen LogP contribution in [0.5, 0.6) is 5.75 Å². The summed E-state index contributed by atoms with van der Waals surface area (Å²) >= 11 is 0.